The van der Waals surface area contributed by atoms with Crippen molar-refractivity contribution in [2.45, 2.75) is 0 Å². The minimum Gasteiger partial charge on any atom is -0.497 e. The van der Waals surface area contributed by atoms with Gasteiger partial charge in [0.2, 0.25) is 5.88 Å². The molecule has 0 saturated carbocycles. The van der Waals surface area contributed by atoms with Crippen LogP contribution in [0.4, 0.5) is 5.69 Å². The Bertz CT molecular complexity index is 839. The monoisotopic (exact) mass is 311 g/mol. The van der Waals surface area contributed by atoms with Gasteiger partial charge < -0.3 is 9.84 Å². The van der Waals surface area contributed by atoms with Crippen LogP contribution in [0, 0.1) is 10.1 Å². The maximum atomic E-state index is 10.7. The Morgan fingerprint density at radius 3 is 2.35 bits per heavy atom. The van der Waals surface area contributed by atoms with E-state index in [0.717, 1.165) is 11.3 Å². The summed E-state index contributed by atoms with van der Waals surface area (Å²) in [6.45, 7) is 0. The number of ether oxygens (including phenoxy) is 1. The third kappa shape index (κ3) is 2.84. The number of aromatic hydroxyl groups is 1. The summed E-state index contributed by atoms with van der Waals surface area (Å²) in [5, 5.41) is 25.1. The molecular weight excluding hydrogens is 298 g/mol. The van der Waals surface area contributed by atoms with E-state index in [2.05, 4.69) is 5.10 Å². The zero-order valence-electron chi connectivity index (χ0n) is 12.2. The Labute approximate surface area is 131 Å². The second-order valence-corrected chi connectivity index (χ2v) is 4.80. The van der Waals surface area contributed by atoms with E-state index in [0.29, 0.717) is 11.4 Å². The van der Waals surface area contributed by atoms with Crippen molar-refractivity contribution < 1.29 is 14.8 Å². The lowest BCUT2D eigenvalue weighted by molar-refractivity contribution is -0.384. The molecule has 0 saturated heterocycles. The molecular formula is C16H13N3O4. The molecule has 0 fully saturated rings. The maximum Gasteiger partial charge on any atom is 0.269 e. The molecule has 1 heterocycles. The van der Waals surface area contributed by atoms with Gasteiger partial charge in [0.15, 0.2) is 0 Å². The summed E-state index contributed by atoms with van der Waals surface area (Å²) in [4.78, 5) is 10.2. The maximum absolute atomic E-state index is 10.7. The highest BCUT2D eigenvalue weighted by Crippen LogP contribution is 2.27. The van der Waals surface area contributed by atoms with Crippen molar-refractivity contribution in [2.75, 3.05) is 7.11 Å². The second kappa shape index (κ2) is 5.80. The minimum absolute atomic E-state index is 0.0178. The highest BCUT2D eigenvalue weighted by molar-refractivity contribution is 5.62. The standard InChI is InChI=1S/C16H13N3O4/c1-23-14-8-2-11(3-9-14)15-10-16(20)18(17-15)12-4-6-13(7-5-12)19(21)22/h2-10,20H,1H3. The molecule has 7 heteroatoms. The zero-order valence-corrected chi connectivity index (χ0v) is 12.2. The van der Waals surface area contributed by atoms with E-state index in [1.165, 1.54) is 35.0 Å². The number of aromatic nitrogens is 2. The molecule has 3 aromatic rings. The fourth-order valence-corrected chi connectivity index (χ4v) is 2.18. The molecule has 23 heavy (non-hydrogen) atoms. The summed E-state index contributed by atoms with van der Waals surface area (Å²) in [7, 11) is 1.59. The first-order chi connectivity index (χ1) is 11.1. The lowest BCUT2D eigenvalue weighted by atomic mass is 10.1. The van der Waals surface area contributed by atoms with Gasteiger partial charge in [-0.25, -0.2) is 4.68 Å². The van der Waals surface area contributed by atoms with Crippen LogP contribution in [-0.2, 0) is 0 Å². The number of hydrogen-bond acceptors (Lipinski definition) is 5. The smallest absolute Gasteiger partial charge is 0.269 e. The number of non-ortho nitro benzene ring substituents is 1. The molecule has 0 amide bonds. The molecule has 0 aliphatic rings. The van der Waals surface area contributed by atoms with Crippen LogP contribution in [-0.4, -0.2) is 26.9 Å². The molecule has 0 atom stereocenters. The van der Waals surface area contributed by atoms with Gasteiger partial charge in [-0.3, -0.25) is 10.1 Å². The number of methoxy groups -OCH3 is 1. The number of nitrogens with zero attached hydrogens (tertiary/aromatic N) is 3. The van der Waals surface area contributed by atoms with Crippen molar-refractivity contribution in [1.82, 2.24) is 9.78 Å². The van der Waals surface area contributed by atoms with Crippen LogP contribution < -0.4 is 4.74 Å². The predicted octanol–water partition coefficient (Wildman–Crippen LogP) is 3.16. The number of nitro groups is 1. The molecule has 0 spiro atoms. The first kappa shape index (κ1) is 14.6. The molecule has 1 N–H and O–H groups in total. The summed E-state index contributed by atoms with van der Waals surface area (Å²) >= 11 is 0. The van der Waals surface area contributed by atoms with Crippen LogP contribution in [0.5, 0.6) is 11.6 Å². The van der Waals surface area contributed by atoms with Crippen LogP contribution in [0.25, 0.3) is 16.9 Å². The lowest BCUT2D eigenvalue weighted by Gasteiger charge is -2.03. The highest BCUT2D eigenvalue weighted by atomic mass is 16.6. The SMILES string of the molecule is COc1ccc(-c2cc(O)n(-c3ccc([N+](=O)[O-])cc3)n2)cc1. The zero-order chi connectivity index (χ0) is 16.4. The number of rotatable bonds is 4. The Morgan fingerprint density at radius 1 is 1.13 bits per heavy atom. The summed E-state index contributed by atoms with van der Waals surface area (Å²) in [5.41, 5.74) is 1.92. The van der Waals surface area contributed by atoms with Gasteiger partial charge >= 0.3 is 0 Å². The van der Waals surface area contributed by atoms with Crippen LogP contribution in [0.15, 0.2) is 54.6 Å². The summed E-state index contributed by atoms with van der Waals surface area (Å²) in [5.74, 6) is 0.678. The van der Waals surface area contributed by atoms with Crippen molar-refractivity contribution in [3.8, 4) is 28.6 Å². The van der Waals surface area contributed by atoms with Gasteiger partial charge in [-0.1, -0.05) is 0 Å². The van der Waals surface area contributed by atoms with Gasteiger partial charge in [-0.05, 0) is 36.4 Å². The van der Waals surface area contributed by atoms with E-state index in [1.807, 2.05) is 12.1 Å². The normalized spacial score (nSPS) is 10.5. The summed E-state index contributed by atoms with van der Waals surface area (Å²) < 4.78 is 6.43. The Kier molecular flexibility index (Phi) is 3.68. The summed E-state index contributed by atoms with van der Waals surface area (Å²) in [6, 6.07) is 14.6. The van der Waals surface area contributed by atoms with E-state index in [9.17, 15) is 15.2 Å². The van der Waals surface area contributed by atoms with Gasteiger partial charge in [0.1, 0.15) is 5.75 Å². The lowest BCUT2D eigenvalue weighted by Crippen LogP contribution is -1.96. The van der Waals surface area contributed by atoms with Crippen LogP contribution in [0.2, 0.25) is 0 Å². The van der Waals surface area contributed by atoms with Crippen molar-refractivity contribution >= 4 is 5.69 Å². The molecule has 0 radical (unpaired) electrons. The van der Waals surface area contributed by atoms with Gasteiger partial charge in [0, 0.05) is 23.8 Å². The molecule has 0 aliphatic heterocycles. The van der Waals surface area contributed by atoms with Crippen LogP contribution in [0.3, 0.4) is 0 Å². The fraction of sp³-hybridized carbons (Fsp3) is 0.0625. The Morgan fingerprint density at radius 2 is 1.78 bits per heavy atom. The Hall–Kier alpha value is -3.35. The predicted molar refractivity (Wildman–Crippen MR) is 83.9 cm³/mol. The topological polar surface area (TPSA) is 90.4 Å². The van der Waals surface area contributed by atoms with Crippen molar-refractivity contribution in [3.05, 3.63) is 64.7 Å². The molecule has 2 aromatic carbocycles. The largest absolute Gasteiger partial charge is 0.497 e. The quantitative estimate of drug-likeness (QED) is 0.590. The molecule has 0 aliphatic carbocycles. The Balaban J connectivity index is 1.95. The third-order valence-corrected chi connectivity index (χ3v) is 3.38. The molecule has 0 bridgehead atoms. The van der Waals surface area contributed by atoms with Crippen LogP contribution >= 0.6 is 0 Å². The van der Waals surface area contributed by atoms with E-state index < -0.39 is 4.92 Å². The molecule has 0 unspecified atom stereocenters. The number of benzene rings is 2. The first-order valence-electron chi connectivity index (χ1n) is 6.77. The number of hydrogen-bond donors (Lipinski definition) is 1. The highest BCUT2D eigenvalue weighted by Gasteiger charge is 2.12. The number of nitro benzene ring substituents is 1. The van der Waals surface area contributed by atoms with E-state index in [1.54, 1.807) is 19.2 Å². The van der Waals surface area contributed by atoms with E-state index in [-0.39, 0.29) is 11.6 Å². The fourth-order valence-electron chi connectivity index (χ4n) is 2.18. The van der Waals surface area contributed by atoms with Gasteiger partial charge in [0.25, 0.3) is 5.69 Å². The van der Waals surface area contributed by atoms with Crippen molar-refractivity contribution in [1.29, 1.82) is 0 Å². The molecule has 3 rings (SSSR count). The average Bonchev–Trinajstić information content (AvgIpc) is 2.97. The second-order valence-electron chi connectivity index (χ2n) is 4.80. The van der Waals surface area contributed by atoms with Crippen molar-refractivity contribution in [2.24, 2.45) is 0 Å². The van der Waals surface area contributed by atoms with Gasteiger partial charge in [-0.15, -0.1) is 0 Å². The summed E-state index contributed by atoms with van der Waals surface area (Å²) in [6.07, 6.45) is 0. The van der Waals surface area contributed by atoms with Crippen molar-refractivity contribution in [3.63, 3.8) is 0 Å². The van der Waals surface area contributed by atoms with E-state index in [4.69, 9.17) is 4.74 Å². The molecule has 1 aromatic heterocycles. The van der Waals surface area contributed by atoms with E-state index >= 15 is 0 Å². The minimum atomic E-state index is -0.477. The average molecular weight is 311 g/mol. The van der Waals surface area contributed by atoms with Gasteiger partial charge in [-0.2, -0.15) is 5.10 Å². The molecule has 7 nitrogen and oxygen atoms in total. The third-order valence-electron chi connectivity index (χ3n) is 3.38. The van der Waals surface area contributed by atoms with Gasteiger partial charge in [0.05, 0.1) is 23.4 Å². The molecule has 116 valence electrons. The first-order valence-corrected chi connectivity index (χ1v) is 6.77. The van der Waals surface area contributed by atoms with Crippen LogP contribution in [0.1, 0.15) is 0 Å².